The molecule has 3 N–H and O–H groups in total. The summed E-state index contributed by atoms with van der Waals surface area (Å²) in [5, 5.41) is 8.20. The summed E-state index contributed by atoms with van der Waals surface area (Å²) < 4.78 is 0. The van der Waals surface area contributed by atoms with Gasteiger partial charge < -0.3 is 16.0 Å². The number of likely N-dealkylation sites (N-methyl/N-ethyl adjacent to an activating group) is 1. The van der Waals surface area contributed by atoms with Gasteiger partial charge in [0.15, 0.2) is 4.87 Å². The van der Waals surface area contributed by atoms with Crippen molar-refractivity contribution >= 4 is 30.4 Å². The molecule has 32 heavy (non-hydrogen) atoms. The molecule has 2 aromatic rings. The first-order valence-corrected chi connectivity index (χ1v) is 11.3. The lowest BCUT2D eigenvalue weighted by Gasteiger charge is -2.32. The lowest BCUT2D eigenvalue weighted by atomic mass is 10.00. The van der Waals surface area contributed by atoms with E-state index in [0.717, 1.165) is 11.1 Å². The molecule has 1 unspecified atom stereocenters. The molecule has 2 rings (SSSR count). The Balaban J connectivity index is 2.10. The summed E-state index contributed by atoms with van der Waals surface area (Å²) in [6, 6.07) is 18.4. The molecule has 7 heteroatoms. The van der Waals surface area contributed by atoms with Gasteiger partial charge in [-0.25, -0.2) is 0 Å². The zero-order valence-electron chi connectivity index (χ0n) is 18.9. The fraction of sp³-hybridized carbons (Fsp3) is 0.400. The Labute approximate surface area is 196 Å². The van der Waals surface area contributed by atoms with E-state index in [0.29, 0.717) is 19.3 Å². The van der Waals surface area contributed by atoms with Crippen LogP contribution >= 0.6 is 12.6 Å². The molecule has 0 aliphatic heterocycles. The van der Waals surface area contributed by atoms with Gasteiger partial charge in [0, 0.05) is 19.9 Å². The normalized spacial score (nSPS) is 13.7. The maximum Gasteiger partial charge on any atom is 0.256 e. The quantitative estimate of drug-likeness (QED) is 0.310. The largest absolute Gasteiger partial charge is 0.357 e. The van der Waals surface area contributed by atoms with Gasteiger partial charge in [-0.3, -0.25) is 14.4 Å². The number of aryl methyl sites for hydroxylation is 1. The third-order valence-electron chi connectivity index (χ3n) is 5.06. The summed E-state index contributed by atoms with van der Waals surface area (Å²) in [6.45, 7) is 3.91. The van der Waals surface area contributed by atoms with Crippen LogP contribution in [0.15, 0.2) is 60.7 Å². The van der Waals surface area contributed by atoms with E-state index >= 15 is 0 Å². The van der Waals surface area contributed by atoms with Crippen LogP contribution in [0.3, 0.4) is 0 Å². The SMILES string of the molecule is CNC(=O)[C@H](Cc1ccccc1)NC(=O)C(S)(CC(C)C)NC(=O)CCc1ccccc1. The van der Waals surface area contributed by atoms with Crippen LogP contribution in [-0.4, -0.2) is 35.7 Å². The molecule has 0 saturated heterocycles. The van der Waals surface area contributed by atoms with Crippen molar-refractivity contribution in [2.45, 2.75) is 50.4 Å². The van der Waals surface area contributed by atoms with Crippen LogP contribution < -0.4 is 16.0 Å². The second-order valence-corrected chi connectivity index (χ2v) is 9.09. The van der Waals surface area contributed by atoms with Gasteiger partial charge in [-0.15, -0.1) is 12.6 Å². The first-order chi connectivity index (χ1) is 15.2. The average molecular weight is 456 g/mol. The van der Waals surface area contributed by atoms with Gasteiger partial charge in [0.1, 0.15) is 6.04 Å². The van der Waals surface area contributed by atoms with Gasteiger partial charge in [0.05, 0.1) is 0 Å². The smallest absolute Gasteiger partial charge is 0.256 e. The fourth-order valence-corrected chi connectivity index (χ4v) is 4.05. The number of carbonyl (C=O) groups excluding carboxylic acids is 3. The second kappa shape index (κ2) is 12.3. The summed E-state index contributed by atoms with van der Waals surface area (Å²) in [5.41, 5.74) is 1.96. The maximum absolute atomic E-state index is 13.2. The minimum Gasteiger partial charge on any atom is -0.357 e. The van der Waals surface area contributed by atoms with Crippen LogP contribution in [0.1, 0.15) is 37.8 Å². The van der Waals surface area contributed by atoms with Crippen molar-refractivity contribution in [2.24, 2.45) is 5.92 Å². The Morgan fingerprint density at radius 1 is 0.938 bits per heavy atom. The lowest BCUT2D eigenvalue weighted by Crippen LogP contribution is -2.59. The molecule has 0 saturated carbocycles. The van der Waals surface area contributed by atoms with Crippen molar-refractivity contribution in [3.8, 4) is 0 Å². The van der Waals surface area contributed by atoms with E-state index in [1.54, 1.807) is 0 Å². The first-order valence-electron chi connectivity index (χ1n) is 10.9. The van der Waals surface area contributed by atoms with E-state index in [9.17, 15) is 14.4 Å². The van der Waals surface area contributed by atoms with Gasteiger partial charge >= 0.3 is 0 Å². The van der Waals surface area contributed by atoms with Crippen molar-refractivity contribution in [2.75, 3.05) is 7.05 Å². The Bertz CT molecular complexity index is 890. The second-order valence-electron chi connectivity index (χ2n) is 8.32. The van der Waals surface area contributed by atoms with Crippen molar-refractivity contribution < 1.29 is 14.4 Å². The highest BCUT2D eigenvalue weighted by atomic mass is 32.1. The predicted molar refractivity (Wildman–Crippen MR) is 130 cm³/mol. The number of hydrogen-bond acceptors (Lipinski definition) is 4. The number of nitrogens with one attached hydrogen (secondary N) is 3. The summed E-state index contributed by atoms with van der Waals surface area (Å²) in [4.78, 5) is 36.9. The Kier molecular flexibility index (Phi) is 9.78. The van der Waals surface area contributed by atoms with Crippen molar-refractivity contribution in [1.82, 2.24) is 16.0 Å². The predicted octanol–water partition coefficient (Wildman–Crippen LogP) is 2.88. The molecule has 0 aromatic heterocycles. The molecule has 0 aliphatic carbocycles. The highest BCUT2D eigenvalue weighted by Crippen LogP contribution is 2.23. The van der Waals surface area contributed by atoms with E-state index < -0.39 is 16.8 Å². The molecule has 6 nitrogen and oxygen atoms in total. The zero-order valence-corrected chi connectivity index (χ0v) is 19.8. The maximum atomic E-state index is 13.2. The van der Waals surface area contributed by atoms with Crippen molar-refractivity contribution in [3.63, 3.8) is 0 Å². The number of carbonyl (C=O) groups is 3. The molecular formula is C25H33N3O3S. The minimum atomic E-state index is -1.43. The van der Waals surface area contributed by atoms with E-state index in [-0.39, 0.29) is 24.2 Å². The van der Waals surface area contributed by atoms with Crippen molar-refractivity contribution in [3.05, 3.63) is 71.8 Å². The number of hydrogen-bond donors (Lipinski definition) is 4. The van der Waals surface area contributed by atoms with E-state index in [1.807, 2.05) is 74.5 Å². The Hall–Kier alpha value is -2.80. The highest BCUT2D eigenvalue weighted by molar-refractivity contribution is 7.82. The molecule has 0 aliphatic rings. The first kappa shape index (κ1) is 25.5. The number of benzene rings is 2. The van der Waals surface area contributed by atoms with E-state index in [2.05, 4.69) is 28.6 Å². The number of thiol groups is 1. The van der Waals surface area contributed by atoms with Gasteiger partial charge in [0.2, 0.25) is 11.8 Å². The summed E-state index contributed by atoms with van der Waals surface area (Å²) >= 11 is 4.60. The average Bonchev–Trinajstić information content (AvgIpc) is 2.77. The van der Waals surface area contributed by atoms with Crippen molar-refractivity contribution in [1.29, 1.82) is 0 Å². The Morgan fingerprint density at radius 3 is 2.03 bits per heavy atom. The zero-order chi connectivity index (χ0) is 23.6. The Morgan fingerprint density at radius 2 is 1.50 bits per heavy atom. The van der Waals surface area contributed by atoms with Crippen LogP contribution in [0, 0.1) is 5.92 Å². The van der Waals surface area contributed by atoms with Gasteiger partial charge in [-0.05, 0) is 29.9 Å². The molecular weight excluding hydrogens is 422 g/mol. The molecule has 0 heterocycles. The van der Waals surface area contributed by atoms with E-state index in [1.165, 1.54) is 7.05 Å². The van der Waals surface area contributed by atoms with Crippen LogP contribution in [0.4, 0.5) is 0 Å². The van der Waals surface area contributed by atoms with Gasteiger partial charge in [-0.2, -0.15) is 0 Å². The molecule has 2 aromatic carbocycles. The standard InChI is InChI=1S/C25H33N3O3S/c1-18(2)17-25(32,28-22(29)15-14-19-10-6-4-7-11-19)24(31)27-21(23(30)26-3)16-20-12-8-5-9-13-20/h4-13,18,21,32H,14-17H2,1-3H3,(H,26,30)(H,27,31)(H,28,29)/t21-,25?/m0/s1. The van der Waals surface area contributed by atoms with E-state index in [4.69, 9.17) is 0 Å². The molecule has 0 bridgehead atoms. The van der Waals surface area contributed by atoms with Crippen LogP contribution in [0.2, 0.25) is 0 Å². The summed E-state index contributed by atoms with van der Waals surface area (Å²) in [7, 11) is 1.53. The van der Waals surface area contributed by atoms with Crippen LogP contribution in [0.25, 0.3) is 0 Å². The summed E-state index contributed by atoms with van der Waals surface area (Å²) in [5.74, 6) is -0.968. The minimum absolute atomic E-state index is 0.0975. The molecule has 2 atom stereocenters. The summed E-state index contributed by atoms with van der Waals surface area (Å²) in [6.07, 6.45) is 1.46. The molecule has 0 fully saturated rings. The third kappa shape index (κ3) is 8.04. The third-order valence-corrected chi connectivity index (χ3v) is 5.56. The van der Waals surface area contributed by atoms with Crippen LogP contribution in [0.5, 0.6) is 0 Å². The number of rotatable bonds is 11. The van der Waals surface area contributed by atoms with Gasteiger partial charge in [0.25, 0.3) is 5.91 Å². The monoisotopic (exact) mass is 455 g/mol. The molecule has 0 radical (unpaired) electrons. The number of amides is 3. The lowest BCUT2D eigenvalue weighted by molar-refractivity contribution is -0.133. The topological polar surface area (TPSA) is 87.3 Å². The molecule has 0 spiro atoms. The fourth-order valence-electron chi connectivity index (χ4n) is 3.50. The van der Waals surface area contributed by atoms with Crippen LogP contribution in [-0.2, 0) is 27.2 Å². The molecule has 3 amide bonds. The molecule has 172 valence electrons. The highest BCUT2D eigenvalue weighted by Gasteiger charge is 2.38. The van der Waals surface area contributed by atoms with Gasteiger partial charge in [-0.1, -0.05) is 74.5 Å².